The normalized spacial score (nSPS) is 19.7. The highest BCUT2D eigenvalue weighted by Crippen LogP contribution is 2.32. The Morgan fingerprint density at radius 2 is 2.00 bits per heavy atom. The van der Waals surface area contributed by atoms with Crippen molar-refractivity contribution in [2.45, 2.75) is 37.4 Å². The van der Waals surface area contributed by atoms with Crippen molar-refractivity contribution in [3.05, 3.63) is 11.6 Å². The lowest BCUT2D eigenvalue weighted by molar-refractivity contribution is -0.129. The van der Waals surface area contributed by atoms with Crippen LogP contribution >= 0.6 is 11.8 Å². The molecule has 1 aromatic rings. The van der Waals surface area contributed by atoms with Gasteiger partial charge in [-0.3, -0.25) is 4.79 Å². The zero-order valence-electron chi connectivity index (χ0n) is 12.5. The van der Waals surface area contributed by atoms with E-state index in [-0.39, 0.29) is 17.7 Å². The van der Waals surface area contributed by atoms with Crippen molar-refractivity contribution < 1.29 is 18.0 Å². The smallest absolute Gasteiger partial charge is 0.342 e. The van der Waals surface area contributed by atoms with Gasteiger partial charge in [-0.05, 0) is 24.6 Å². The van der Waals surface area contributed by atoms with Crippen molar-refractivity contribution in [3.8, 4) is 0 Å². The Morgan fingerprint density at radius 1 is 1.26 bits per heavy atom. The Morgan fingerprint density at radius 3 is 2.70 bits per heavy atom. The number of hydrogen-bond acceptors (Lipinski definition) is 5. The van der Waals surface area contributed by atoms with Gasteiger partial charge in [0.2, 0.25) is 5.91 Å². The van der Waals surface area contributed by atoms with Crippen LogP contribution in [0, 0.1) is 0 Å². The second-order valence-electron chi connectivity index (χ2n) is 5.69. The largest absolute Gasteiger partial charge is 0.442 e. The summed E-state index contributed by atoms with van der Waals surface area (Å²) >= 11 is -0.272. The second-order valence-corrected chi connectivity index (χ2v) is 6.73. The molecule has 0 saturated carbocycles. The first-order valence-electron chi connectivity index (χ1n) is 7.55. The quantitative estimate of drug-likeness (QED) is 0.892. The van der Waals surface area contributed by atoms with E-state index >= 15 is 0 Å². The number of alkyl halides is 3. The van der Waals surface area contributed by atoms with E-state index in [0.29, 0.717) is 32.5 Å². The number of likely N-dealkylation sites (tertiary alicyclic amines) is 1. The molecule has 1 N–H and O–H groups in total. The van der Waals surface area contributed by atoms with Gasteiger partial charge in [0.1, 0.15) is 11.6 Å². The predicted molar refractivity (Wildman–Crippen MR) is 78.8 cm³/mol. The number of rotatable bonds is 3. The second kappa shape index (κ2) is 6.68. The Balaban J connectivity index is 1.54. The van der Waals surface area contributed by atoms with Gasteiger partial charge in [-0.2, -0.15) is 13.2 Å². The van der Waals surface area contributed by atoms with Gasteiger partial charge < -0.3 is 14.8 Å². The van der Waals surface area contributed by atoms with Crippen LogP contribution in [0.4, 0.5) is 13.2 Å². The minimum Gasteiger partial charge on any atom is -0.342 e. The number of carbonyl (C=O) groups excluding carboxylic acids is 1. The minimum absolute atomic E-state index is 0.216. The topological polar surface area (TPSA) is 63.1 Å². The maximum atomic E-state index is 12.2. The van der Waals surface area contributed by atoms with Gasteiger partial charge in [-0.1, -0.05) is 0 Å². The number of halogens is 3. The molecule has 1 amide bonds. The summed E-state index contributed by atoms with van der Waals surface area (Å²) in [6.07, 6.45) is 1.43. The average molecular weight is 349 g/mol. The molecule has 0 radical (unpaired) electrons. The highest BCUT2D eigenvalue weighted by molar-refractivity contribution is 8.00. The molecule has 6 nitrogen and oxygen atoms in total. The summed E-state index contributed by atoms with van der Waals surface area (Å²) in [6.45, 7) is 3.37. The number of aromatic nitrogens is 3. The molecule has 1 aromatic heterocycles. The third-order valence-corrected chi connectivity index (χ3v) is 4.94. The Labute approximate surface area is 135 Å². The van der Waals surface area contributed by atoms with Gasteiger partial charge in [-0.15, -0.1) is 10.2 Å². The summed E-state index contributed by atoms with van der Waals surface area (Å²) in [5.41, 5.74) is -4.36. The number of thioether (sulfide) groups is 1. The minimum atomic E-state index is -4.36. The van der Waals surface area contributed by atoms with Crippen LogP contribution in [0.3, 0.4) is 0 Å². The maximum Gasteiger partial charge on any atom is 0.442 e. The number of fused-ring (bicyclic) bond motifs is 1. The Kier molecular flexibility index (Phi) is 4.81. The van der Waals surface area contributed by atoms with E-state index in [9.17, 15) is 18.0 Å². The van der Waals surface area contributed by atoms with Crippen molar-refractivity contribution >= 4 is 17.7 Å². The molecule has 3 heterocycles. The number of nitrogens with one attached hydrogen (secondary N) is 1. The first kappa shape index (κ1) is 16.6. The molecule has 10 heteroatoms. The van der Waals surface area contributed by atoms with Crippen LogP contribution in [0.5, 0.6) is 0 Å². The summed E-state index contributed by atoms with van der Waals surface area (Å²) in [5, 5.41) is 11.7. The van der Waals surface area contributed by atoms with Gasteiger partial charge in [0.25, 0.3) is 0 Å². The van der Waals surface area contributed by atoms with E-state index in [1.165, 1.54) is 4.90 Å². The SMILES string of the molecule is O=C(CSC(F)(F)F)N1CCC(c2nnc3n2CCNC3)CC1. The molecule has 0 bridgehead atoms. The molecule has 0 aromatic carbocycles. The van der Waals surface area contributed by atoms with Crippen molar-refractivity contribution in [1.29, 1.82) is 0 Å². The lowest BCUT2D eigenvalue weighted by atomic mass is 9.95. The van der Waals surface area contributed by atoms with Crippen molar-refractivity contribution in [2.75, 3.05) is 25.4 Å². The third-order valence-electron chi connectivity index (χ3n) is 4.22. The highest BCUT2D eigenvalue weighted by atomic mass is 32.2. The average Bonchev–Trinajstić information content (AvgIpc) is 2.96. The van der Waals surface area contributed by atoms with E-state index < -0.39 is 17.2 Å². The van der Waals surface area contributed by atoms with Gasteiger partial charge >= 0.3 is 5.51 Å². The molecule has 0 spiro atoms. The fourth-order valence-corrected chi connectivity index (χ4v) is 3.51. The maximum absolute atomic E-state index is 12.2. The lowest BCUT2D eigenvalue weighted by Crippen LogP contribution is -2.40. The summed E-state index contributed by atoms with van der Waals surface area (Å²) in [5.74, 6) is 1.09. The van der Waals surface area contributed by atoms with Crippen LogP contribution < -0.4 is 5.32 Å². The molecule has 0 aliphatic carbocycles. The highest BCUT2D eigenvalue weighted by Gasteiger charge is 2.32. The molecule has 0 unspecified atom stereocenters. The standard InChI is InChI=1S/C13H18F3N5OS/c14-13(15,16)23-8-11(22)20-4-1-9(2-5-20)12-19-18-10-7-17-3-6-21(10)12/h9,17H,1-8H2. The molecule has 2 aliphatic heterocycles. The predicted octanol–water partition coefficient (Wildman–Crippen LogP) is 1.34. The van der Waals surface area contributed by atoms with Crippen molar-refractivity contribution in [2.24, 2.45) is 0 Å². The molecular weight excluding hydrogens is 331 g/mol. The third kappa shape index (κ3) is 3.97. The summed E-state index contributed by atoms with van der Waals surface area (Å²) in [6, 6.07) is 0. The molecular formula is C13H18F3N5OS. The summed E-state index contributed by atoms with van der Waals surface area (Å²) in [7, 11) is 0. The van der Waals surface area contributed by atoms with Crippen LogP contribution in [0.1, 0.15) is 30.4 Å². The van der Waals surface area contributed by atoms with Crippen LogP contribution in [-0.4, -0.2) is 56.5 Å². The van der Waals surface area contributed by atoms with Crippen LogP contribution in [0.25, 0.3) is 0 Å². The summed E-state index contributed by atoms with van der Waals surface area (Å²) in [4.78, 5) is 13.4. The molecule has 0 atom stereocenters. The number of nitrogens with zero attached hydrogens (tertiary/aromatic N) is 4. The fraction of sp³-hybridized carbons (Fsp3) is 0.769. The first-order valence-corrected chi connectivity index (χ1v) is 8.54. The molecule has 1 fully saturated rings. The van der Waals surface area contributed by atoms with E-state index in [0.717, 1.165) is 24.7 Å². The van der Waals surface area contributed by atoms with Gasteiger partial charge in [0.05, 0.1) is 12.3 Å². The van der Waals surface area contributed by atoms with E-state index in [1.807, 2.05) is 0 Å². The Bertz CT molecular complexity index is 568. The van der Waals surface area contributed by atoms with Crippen LogP contribution in [0.2, 0.25) is 0 Å². The number of amides is 1. The molecule has 2 aliphatic rings. The number of carbonyl (C=O) groups is 1. The number of piperidine rings is 1. The zero-order chi connectivity index (χ0) is 16.4. The van der Waals surface area contributed by atoms with Gasteiger partial charge in [0.15, 0.2) is 0 Å². The Hall–Kier alpha value is -1.29. The van der Waals surface area contributed by atoms with E-state index in [2.05, 4.69) is 20.1 Å². The first-order chi connectivity index (χ1) is 10.9. The number of hydrogen-bond donors (Lipinski definition) is 1. The van der Waals surface area contributed by atoms with E-state index in [1.54, 1.807) is 0 Å². The molecule has 1 saturated heterocycles. The van der Waals surface area contributed by atoms with Gasteiger partial charge in [-0.25, -0.2) is 0 Å². The van der Waals surface area contributed by atoms with Crippen molar-refractivity contribution in [1.82, 2.24) is 25.0 Å². The molecule has 3 rings (SSSR count). The molecule has 23 heavy (non-hydrogen) atoms. The van der Waals surface area contributed by atoms with Crippen molar-refractivity contribution in [3.63, 3.8) is 0 Å². The van der Waals surface area contributed by atoms with Gasteiger partial charge in [0, 0.05) is 32.1 Å². The van der Waals surface area contributed by atoms with E-state index in [4.69, 9.17) is 0 Å². The van der Waals surface area contributed by atoms with Crippen LogP contribution in [0.15, 0.2) is 0 Å². The lowest BCUT2D eigenvalue weighted by Gasteiger charge is -2.32. The zero-order valence-corrected chi connectivity index (χ0v) is 13.3. The monoisotopic (exact) mass is 349 g/mol. The summed E-state index contributed by atoms with van der Waals surface area (Å²) < 4.78 is 38.6. The molecule has 128 valence electrons. The fourth-order valence-electron chi connectivity index (χ4n) is 3.04. The van der Waals surface area contributed by atoms with Crippen LogP contribution in [-0.2, 0) is 17.9 Å².